The SMILES string of the molecule is COc1ccccc1Sc1cc(C(=O)O)cc(C(C)C)n1. The maximum absolute atomic E-state index is 11.2. The number of carbonyl (C=O) groups is 1. The molecule has 1 aromatic heterocycles. The Hall–Kier alpha value is -2.01. The Labute approximate surface area is 128 Å². The first-order valence-corrected chi connectivity index (χ1v) is 7.39. The number of hydrogen-bond acceptors (Lipinski definition) is 4. The second kappa shape index (κ2) is 6.63. The van der Waals surface area contributed by atoms with Crippen LogP contribution in [0.2, 0.25) is 0 Å². The van der Waals surface area contributed by atoms with Crippen LogP contribution in [0.4, 0.5) is 0 Å². The molecule has 1 heterocycles. The van der Waals surface area contributed by atoms with E-state index < -0.39 is 5.97 Å². The number of carboxylic acid groups (broad SMARTS) is 1. The Balaban J connectivity index is 2.41. The zero-order valence-electron chi connectivity index (χ0n) is 12.2. The number of nitrogens with zero attached hydrogens (tertiary/aromatic N) is 1. The summed E-state index contributed by atoms with van der Waals surface area (Å²) < 4.78 is 5.31. The molecular weight excluding hydrogens is 286 g/mol. The molecule has 0 aliphatic carbocycles. The van der Waals surface area contributed by atoms with Crippen LogP contribution in [-0.4, -0.2) is 23.2 Å². The standard InChI is InChI=1S/C16H17NO3S/c1-10(2)12-8-11(16(18)19)9-15(17-12)21-14-7-5-4-6-13(14)20-3/h4-10H,1-3H3,(H,18,19). The third kappa shape index (κ3) is 3.76. The summed E-state index contributed by atoms with van der Waals surface area (Å²) in [6, 6.07) is 10.8. The summed E-state index contributed by atoms with van der Waals surface area (Å²) in [5.74, 6) is -0.0291. The van der Waals surface area contributed by atoms with Crippen LogP contribution in [0, 0.1) is 0 Å². The highest BCUT2D eigenvalue weighted by Gasteiger charge is 2.13. The molecule has 110 valence electrons. The fourth-order valence-electron chi connectivity index (χ4n) is 1.81. The van der Waals surface area contributed by atoms with E-state index in [0.29, 0.717) is 5.03 Å². The van der Waals surface area contributed by atoms with Gasteiger partial charge in [0, 0.05) is 5.69 Å². The van der Waals surface area contributed by atoms with Crippen molar-refractivity contribution >= 4 is 17.7 Å². The van der Waals surface area contributed by atoms with Gasteiger partial charge in [0.25, 0.3) is 0 Å². The lowest BCUT2D eigenvalue weighted by Gasteiger charge is -2.11. The fraction of sp³-hybridized carbons (Fsp3) is 0.250. The van der Waals surface area contributed by atoms with E-state index in [4.69, 9.17) is 4.74 Å². The van der Waals surface area contributed by atoms with Gasteiger partial charge < -0.3 is 9.84 Å². The first-order chi connectivity index (χ1) is 10.0. The van der Waals surface area contributed by atoms with Crippen molar-refractivity contribution in [3.05, 3.63) is 47.7 Å². The van der Waals surface area contributed by atoms with E-state index in [1.807, 2.05) is 38.1 Å². The maximum Gasteiger partial charge on any atom is 0.335 e. The molecule has 0 aliphatic heterocycles. The summed E-state index contributed by atoms with van der Waals surface area (Å²) in [5, 5.41) is 9.88. The predicted octanol–water partition coefficient (Wildman–Crippen LogP) is 4.06. The highest BCUT2D eigenvalue weighted by atomic mass is 32.2. The number of hydrogen-bond donors (Lipinski definition) is 1. The smallest absolute Gasteiger partial charge is 0.335 e. The normalized spacial score (nSPS) is 10.7. The van der Waals surface area contributed by atoms with Crippen LogP contribution in [0.3, 0.4) is 0 Å². The van der Waals surface area contributed by atoms with Crippen LogP contribution < -0.4 is 4.74 Å². The quantitative estimate of drug-likeness (QED) is 0.902. The molecule has 1 aromatic carbocycles. The molecule has 0 atom stereocenters. The van der Waals surface area contributed by atoms with Crippen molar-refractivity contribution < 1.29 is 14.6 Å². The molecule has 0 aliphatic rings. The minimum Gasteiger partial charge on any atom is -0.496 e. The van der Waals surface area contributed by atoms with E-state index in [1.54, 1.807) is 19.2 Å². The van der Waals surface area contributed by atoms with Gasteiger partial charge in [-0.25, -0.2) is 9.78 Å². The molecule has 0 amide bonds. The number of ether oxygens (including phenoxy) is 1. The number of aromatic nitrogens is 1. The van der Waals surface area contributed by atoms with Gasteiger partial charge in [-0.05, 0) is 30.2 Å². The molecule has 0 fully saturated rings. The van der Waals surface area contributed by atoms with E-state index in [0.717, 1.165) is 16.3 Å². The molecule has 0 saturated carbocycles. The minimum absolute atomic E-state index is 0.168. The average molecular weight is 303 g/mol. The number of aromatic carboxylic acids is 1. The van der Waals surface area contributed by atoms with Crippen LogP contribution >= 0.6 is 11.8 Å². The van der Waals surface area contributed by atoms with E-state index in [1.165, 1.54) is 11.8 Å². The zero-order chi connectivity index (χ0) is 15.4. The predicted molar refractivity (Wildman–Crippen MR) is 82.4 cm³/mol. The molecule has 0 spiro atoms. The lowest BCUT2D eigenvalue weighted by molar-refractivity contribution is 0.0696. The van der Waals surface area contributed by atoms with Gasteiger partial charge in [-0.2, -0.15) is 0 Å². The van der Waals surface area contributed by atoms with Crippen molar-refractivity contribution in [2.75, 3.05) is 7.11 Å². The van der Waals surface area contributed by atoms with Crippen molar-refractivity contribution in [3.63, 3.8) is 0 Å². The minimum atomic E-state index is -0.943. The zero-order valence-corrected chi connectivity index (χ0v) is 13.0. The Morgan fingerprint density at radius 1 is 1.29 bits per heavy atom. The summed E-state index contributed by atoms with van der Waals surface area (Å²) in [7, 11) is 1.61. The molecule has 21 heavy (non-hydrogen) atoms. The molecule has 0 saturated heterocycles. The fourth-order valence-corrected chi connectivity index (χ4v) is 2.77. The largest absolute Gasteiger partial charge is 0.496 e. The Bertz CT molecular complexity index is 656. The van der Waals surface area contributed by atoms with Crippen molar-refractivity contribution in [1.29, 1.82) is 0 Å². The van der Waals surface area contributed by atoms with E-state index in [-0.39, 0.29) is 11.5 Å². The molecule has 0 bridgehead atoms. The topological polar surface area (TPSA) is 59.4 Å². The molecule has 2 rings (SSSR count). The molecule has 0 radical (unpaired) electrons. The first-order valence-electron chi connectivity index (χ1n) is 6.57. The van der Waals surface area contributed by atoms with Gasteiger partial charge in [-0.15, -0.1) is 0 Å². The molecule has 1 N–H and O–H groups in total. The lowest BCUT2D eigenvalue weighted by Crippen LogP contribution is -2.02. The number of rotatable bonds is 5. The Kier molecular flexibility index (Phi) is 4.85. The van der Waals surface area contributed by atoms with Crippen molar-refractivity contribution in [2.24, 2.45) is 0 Å². The van der Waals surface area contributed by atoms with Crippen LogP contribution in [0.15, 0.2) is 46.3 Å². The first kappa shape index (κ1) is 15.4. The number of para-hydroxylation sites is 1. The van der Waals surface area contributed by atoms with E-state index in [9.17, 15) is 9.90 Å². The van der Waals surface area contributed by atoms with Gasteiger partial charge in [0.15, 0.2) is 0 Å². The Morgan fingerprint density at radius 3 is 2.62 bits per heavy atom. The highest BCUT2D eigenvalue weighted by Crippen LogP contribution is 2.34. The van der Waals surface area contributed by atoms with Gasteiger partial charge in [-0.1, -0.05) is 37.7 Å². The monoisotopic (exact) mass is 303 g/mol. The van der Waals surface area contributed by atoms with Crippen molar-refractivity contribution in [1.82, 2.24) is 4.98 Å². The second-order valence-corrected chi connectivity index (χ2v) is 5.89. The number of benzene rings is 1. The Morgan fingerprint density at radius 2 is 2.00 bits per heavy atom. The average Bonchev–Trinajstić information content (AvgIpc) is 2.47. The van der Waals surface area contributed by atoms with E-state index in [2.05, 4.69) is 4.98 Å². The molecule has 0 unspecified atom stereocenters. The second-order valence-electron chi connectivity index (χ2n) is 4.83. The van der Waals surface area contributed by atoms with Gasteiger partial charge in [-0.3, -0.25) is 0 Å². The van der Waals surface area contributed by atoms with Crippen molar-refractivity contribution in [2.45, 2.75) is 29.7 Å². The maximum atomic E-state index is 11.2. The number of methoxy groups -OCH3 is 1. The van der Waals surface area contributed by atoms with Crippen LogP contribution in [0.5, 0.6) is 5.75 Å². The van der Waals surface area contributed by atoms with Gasteiger partial charge in [0.05, 0.1) is 17.6 Å². The molecular formula is C16H17NO3S. The van der Waals surface area contributed by atoms with Crippen LogP contribution in [0.25, 0.3) is 0 Å². The van der Waals surface area contributed by atoms with Crippen LogP contribution in [0.1, 0.15) is 35.8 Å². The third-order valence-corrected chi connectivity index (χ3v) is 3.92. The van der Waals surface area contributed by atoms with Gasteiger partial charge in [0.1, 0.15) is 10.8 Å². The van der Waals surface area contributed by atoms with Gasteiger partial charge in [0.2, 0.25) is 0 Å². The highest BCUT2D eigenvalue weighted by molar-refractivity contribution is 7.99. The summed E-state index contributed by atoms with van der Waals surface area (Å²) in [4.78, 5) is 16.7. The number of carboxylic acids is 1. The van der Waals surface area contributed by atoms with Crippen LogP contribution in [-0.2, 0) is 0 Å². The summed E-state index contributed by atoms with van der Waals surface area (Å²) in [6.07, 6.45) is 0. The summed E-state index contributed by atoms with van der Waals surface area (Å²) in [5.41, 5.74) is 1.03. The summed E-state index contributed by atoms with van der Waals surface area (Å²) >= 11 is 1.40. The van der Waals surface area contributed by atoms with E-state index >= 15 is 0 Å². The van der Waals surface area contributed by atoms with Gasteiger partial charge >= 0.3 is 5.97 Å². The van der Waals surface area contributed by atoms with Crippen molar-refractivity contribution in [3.8, 4) is 5.75 Å². The lowest BCUT2D eigenvalue weighted by atomic mass is 10.1. The summed E-state index contributed by atoms with van der Waals surface area (Å²) in [6.45, 7) is 3.98. The molecule has 5 heteroatoms. The number of pyridine rings is 1. The third-order valence-electron chi connectivity index (χ3n) is 2.94. The molecule has 4 nitrogen and oxygen atoms in total. The molecule has 2 aromatic rings.